The first-order valence-corrected chi connectivity index (χ1v) is 9.75. The number of amides is 1. The van der Waals surface area contributed by atoms with Crippen molar-refractivity contribution in [2.45, 2.75) is 63.2 Å². The fourth-order valence-corrected chi connectivity index (χ4v) is 3.58. The third kappa shape index (κ3) is 5.06. The molecule has 2 aromatic rings. The van der Waals surface area contributed by atoms with Crippen LogP contribution in [0.25, 0.3) is 0 Å². The van der Waals surface area contributed by atoms with Crippen LogP contribution in [0.15, 0.2) is 41.2 Å². The average molecular weight is 388 g/mol. The van der Waals surface area contributed by atoms with Crippen molar-refractivity contribution in [2.75, 3.05) is 0 Å². The summed E-state index contributed by atoms with van der Waals surface area (Å²) in [6.45, 7) is 0.872. The average Bonchev–Trinajstić information content (AvgIpc) is 3.46. The van der Waals surface area contributed by atoms with E-state index in [1.807, 2.05) is 12.1 Å². The number of nitrogens with one attached hydrogen (secondary N) is 1. The van der Waals surface area contributed by atoms with E-state index < -0.39 is 5.92 Å². The predicted molar refractivity (Wildman–Crippen MR) is 105 cm³/mol. The number of hydrogen-bond donors (Lipinski definition) is 2. The molecule has 1 aromatic heterocycles. The lowest BCUT2D eigenvalue weighted by Gasteiger charge is -2.19. The maximum absolute atomic E-state index is 13.5. The lowest BCUT2D eigenvalue weighted by atomic mass is 9.88. The van der Waals surface area contributed by atoms with Crippen LogP contribution < -0.4 is 11.3 Å². The number of pyridine rings is 1. The van der Waals surface area contributed by atoms with Gasteiger partial charge in [-0.05, 0) is 43.2 Å². The van der Waals surface area contributed by atoms with Gasteiger partial charge in [0.15, 0.2) is 0 Å². The van der Waals surface area contributed by atoms with Crippen molar-refractivity contribution in [1.29, 1.82) is 0 Å². The highest BCUT2D eigenvalue weighted by Gasteiger charge is 2.27. The summed E-state index contributed by atoms with van der Waals surface area (Å²) in [5.41, 5.74) is 7.54. The fourth-order valence-electron chi connectivity index (χ4n) is 3.58. The minimum atomic E-state index is -2.89. The zero-order chi connectivity index (χ0) is 20.3. The Morgan fingerprint density at radius 3 is 2.39 bits per heavy atom. The topological polar surface area (TPSA) is 76.0 Å². The summed E-state index contributed by atoms with van der Waals surface area (Å²) in [6, 6.07) is 10.1. The molecule has 1 aromatic carbocycles. The molecule has 1 aliphatic carbocycles. The van der Waals surface area contributed by atoms with Crippen LogP contribution in [0.1, 0.15) is 79.7 Å². The number of H-pyrrole nitrogens is 1. The van der Waals surface area contributed by atoms with Gasteiger partial charge in [0.1, 0.15) is 0 Å². The molecule has 1 saturated carbocycles. The molecule has 1 heterocycles. The number of unbranched alkanes of at least 4 members (excludes halogenated alkanes) is 1. The monoisotopic (exact) mass is 388 g/mol. The number of aromatic nitrogens is 1. The van der Waals surface area contributed by atoms with Crippen LogP contribution in [0.3, 0.4) is 0 Å². The first-order valence-electron chi connectivity index (χ1n) is 9.75. The van der Waals surface area contributed by atoms with Gasteiger partial charge in [-0.2, -0.15) is 0 Å². The van der Waals surface area contributed by atoms with E-state index in [2.05, 4.69) is 4.98 Å². The lowest BCUT2D eigenvalue weighted by Crippen LogP contribution is -2.16. The maximum Gasteiger partial charge on any atom is 0.270 e. The Balaban J connectivity index is 1.85. The van der Waals surface area contributed by atoms with Gasteiger partial charge in [0.25, 0.3) is 11.5 Å². The van der Waals surface area contributed by atoms with Crippen LogP contribution in [0, 0.1) is 0 Å². The van der Waals surface area contributed by atoms with Crippen LogP contribution in [0.2, 0.25) is 0 Å². The second-order valence-electron chi connectivity index (χ2n) is 7.75. The van der Waals surface area contributed by atoms with E-state index in [-0.39, 0.29) is 22.9 Å². The molecular weight excluding hydrogens is 362 g/mol. The second-order valence-corrected chi connectivity index (χ2v) is 7.75. The number of rotatable bonds is 9. The zero-order valence-corrected chi connectivity index (χ0v) is 16.0. The summed E-state index contributed by atoms with van der Waals surface area (Å²) in [5.74, 6) is -3.00. The van der Waals surface area contributed by atoms with E-state index in [0.717, 1.165) is 43.0 Å². The Morgan fingerprint density at radius 2 is 1.86 bits per heavy atom. The summed E-state index contributed by atoms with van der Waals surface area (Å²) in [6.07, 6.45) is 4.49. The van der Waals surface area contributed by atoms with E-state index >= 15 is 0 Å². The lowest BCUT2D eigenvalue weighted by molar-refractivity contribution is -0.118. The molecular formula is C22H26F2N2O2. The van der Waals surface area contributed by atoms with Crippen molar-refractivity contribution < 1.29 is 13.6 Å². The number of aromatic amines is 1. The van der Waals surface area contributed by atoms with E-state index in [1.165, 1.54) is 12.1 Å². The molecule has 150 valence electrons. The van der Waals surface area contributed by atoms with Crippen LogP contribution >= 0.6 is 0 Å². The molecule has 6 heteroatoms. The Labute approximate surface area is 163 Å². The molecule has 1 amide bonds. The minimum Gasteiger partial charge on any atom is -0.370 e. The number of halogens is 2. The van der Waals surface area contributed by atoms with Crippen LogP contribution in [-0.4, -0.2) is 10.9 Å². The van der Waals surface area contributed by atoms with Crippen molar-refractivity contribution >= 4 is 5.91 Å². The van der Waals surface area contributed by atoms with Crippen LogP contribution in [0.4, 0.5) is 8.78 Å². The van der Waals surface area contributed by atoms with Crippen LogP contribution in [-0.2, 0) is 10.7 Å². The van der Waals surface area contributed by atoms with Gasteiger partial charge in [-0.3, -0.25) is 9.59 Å². The van der Waals surface area contributed by atoms with Gasteiger partial charge >= 0.3 is 0 Å². The molecule has 3 rings (SSSR count). The number of hydrogen-bond acceptors (Lipinski definition) is 2. The molecule has 0 spiro atoms. The van der Waals surface area contributed by atoms with Gasteiger partial charge in [0.2, 0.25) is 5.91 Å². The molecule has 0 saturated heterocycles. The molecule has 0 unspecified atom stereocenters. The number of carbonyl (C=O) groups is 1. The molecule has 1 aliphatic rings. The van der Waals surface area contributed by atoms with Crippen molar-refractivity contribution in [2.24, 2.45) is 5.73 Å². The Bertz CT molecular complexity index is 881. The van der Waals surface area contributed by atoms with Gasteiger partial charge in [0.05, 0.1) is 0 Å². The largest absolute Gasteiger partial charge is 0.370 e. The summed E-state index contributed by atoms with van der Waals surface area (Å²) >= 11 is 0. The van der Waals surface area contributed by atoms with Crippen molar-refractivity contribution in [3.05, 3.63) is 69.1 Å². The molecule has 28 heavy (non-hydrogen) atoms. The predicted octanol–water partition coefficient (Wildman–Crippen LogP) is 4.54. The second kappa shape index (κ2) is 8.25. The quantitative estimate of drug-likeness (QED) is 0.619. The minimum absolute atomic E-state index is 0.0405. The maximum atomic E-state index is 13.5. The van der Waals surface area contributed by atoms with Gasteiger partial charge in [-0.15, -0.1) is 0 Å². The first-order chi connectivity index (χ1) is 13.3. The highest BCUT2D eigenvalue weighted by atomic mass is 19.3. The smallest absolute Gasteiger partial charge is 0.270 e. The Hall–Kier alpha value is -2.50. The number of nitrogens with two attached hydrogens (primary N) is 1. The zero-order valence-electron chi connectivity index (χ0n) is 16.0. The van der Waals surface area contributed by atoms with E-state index in [0.29, 0.717) is 25.2 Å². The molecule has 1 atom stereocenters. The van der Waals surface area contributed by atoms with Crippen molar-refractivity contribution in [3.8, 4) is 0 Å². The highest BCUT2D eigenvalue weighted by Crippen LogP contribution is 2.39. The number of primary amides is 1. The van der Waals surface area contributed by atoms with Gasteiger partial charge in [-0.1, -0.05) is 36.8 Å². The van der Waals surface area contributed by atoms with E-state index in [1.54, 1.807) is 12.1 Å². The molecule has 1 fully saturated rings. The number of benzene rings is 1. The fraction of sp³-hybridized carbons (Fsp3) is 0.455. The van der Waals surface area contributed by atoms with E-state index in [9.17, 15) is 18.4 Å². The van der Waals surface area contributed by atoms with Gasteiger partial charge in [-0.25, -0.2) is 8.78 Å². The normalized spacial score (nSPS) is 15.4. The molecule has 0 aliphatic heterocycles. The van der Waals surface area contributed by atoms with Gasteiger partial charge in [0, 0.05) is 36.1 Å². The third-order valence-electron chi connectivity index (χ3n) is 5.34. The Morgan fingerprint density at radius 1 is 1.18 bits per heavy atom. The molecule has 0 radical (unpaired) electrons. The molecule has 3 N–H and O–H groups in total. The van der Waals surface area contributed by atoms with Crippen LogP contribution in [0.5, 0.6) is 0 Å². The van der Waals surface area contributed by atoms with Gasteiger partial charge < -0.3 is 10.7 Å². The van der Waals surface area contributed by atoms with Crippen molar-refractivity contribution in [3.63, 3.8) is 0 Å². The first kappa shape index (κ1) is 20.2. The highest BCUT2D eigenvalue weighted by molar-refractivity contribution is 5.73. The molecule has 4 nitrogen and oxygen atoms in total. The molecule has 0 bridgehead atoms. The standard InChI is InChI=1S/C22H26F2N2O2/c1-22(23,24)16-10-8-14(9-11-16)17(4-2-3-5-20(25)27)19-13-12-18(15-6-7-15)21(28)26-19/h8-13,15,17H,2-7H2,1H3,(H2,25,27)(H,26,28)/t17-/m1/s1. The van der Waals surface area contributed by atoms with Crippen molar-refractivity contribution in [1.82, 2.24) is 4.98 Å². The number of carbonyl (C=O) groups excluding carboxylic acids is 1. The third-order valence-corrected chi connectivity index (χ3v) is 5.34. The Kier molecular flexibility index (Phi) is 5.96. The summed E-state index contributed by atoms with van der Waals surface area (Å²) < 4.78 is 27.0. The summed E-state index contributed by atoms with van der Waals surface area (Å²) in [5, 5.41) is 0. The number of alkyl halides is 2. The SMILES string of the molecule is CC(F)(F)c1ccc([C@@H](CCCCC(N)=O)c2ccc(C3CC3)c(=O)[nH]2)cc1. The van der Waals surface area contributed by atoms with E-state index in [4.69, 9.17) is 5.73 Å². The summed E-state index contributed by atoms with van der Waals surface area (Å²) in [7, 11) is 0. The summed E-state index contributed by atoms with van der Waals surface area (Å²) in [4.78, 5) is 26.4.